The van der Waals surface area contributed by atoms with Crippen LogP contribution in [0.2, 0.25) is 0 Å². The fourth-order valence-corrected chi connectivity index (χ4v) is 3.47. The van der Waals surface area contributed by atoms with Crippen LogP contribution in [0.25, 0.3) is 0 Å². The number of nitrogens with zero attached hydrogens (tertiary/aromatic N) is 2. The summed E-state index contributed by atoms with van der Waals surface area (Å²) in [6.45, 7) is 2.26. The third-order valence-corrected chi connectivity index (χ3v) is 4.22. The minimum absolute atomic E-state index is 0. The standard InChI is InChI=1S/C12H19N3O.2ClH/c1-15-10-9(11(14-15)16-2)3-4-12(10)5-7-13-8-6-12;;/h13H,3-8H2,1-2H3;2*1H. The highest BCUT2D eigenvalue weighted by molar-refractivity contribution is 5.85. The Morgan fingerprint density at radius 1 is 1.22 bits per heavy atom. The summed E-state index contributed by atoms with van der Waals surface area (Å²) >= 11 is 0. The molecule has 1 aliphatic carbocycles. The summed E-state index contributed by atoms with van der Waals surface area (Å²) in [5.74, 6) is 0.841. The van der Waals surface area contributed by atoms with Gasteiger partial charge in [0.1, 0.15) is 0 Å². The Hall–Kier alpha value is -0.450. The van der Waals surface area contributed by atoms with Gasteiger partial charge in [-0.3, -0.25) is 4.68 Å². The monoisotopic (exact) mass is 293 g/mol. The van der Waals surface area contributed by atoms with Crippen molar-refractivity contribution in [3.05, 3.63) is 11.3 Å². The molecular weight excluding hydrogens is 273 g/mol. The van der Waals surface area contributed by atoms with Crippen molar-refractivity contribution in [2.45, 2.75) is 31.1 Å². The van der Waals surface area contributed by atoms with Crippen LogP contribution in [0.1, 0.15) is 30.5 Å². The molecule has 0 amide bonds. The van der Waals surface area contributed by atoms with Gasteiger partial charge in [-0.1, -0.05) is 0 Å². The van der Waals surface area contributed by atoms with E-state index in [1.54, 1.807) is 7.11 Å². The molecule has 0 bridgehead atoms. The molecule has 1 fully saturated rings. The molecule has 0 unspecified atom stereocenters. The molecule has 18 heavy (non-hydrogen) atoms. The molecule has 2 aliphatic rings. The second kappa shape index (κ2) is 5.68. The van der Waals surface area contributed by atoms with Crippen LogP contribution in [-0.4, -0.2) is 30.0 Å². The first-order valence-corrected chi connectivity index (χ1v) is 6.08. The van der Waals surface area contributed by atoms with Crippen molar-refractivity contribution in [2.75, 3.05) is 20.2 Å². The zero-order valence-electron chi connectivity index (χ0n) is 10.9. The molecule has 1 N–H and O–H groups in total. The highest BCUT2D eigenvalue weighted by Gasteiger charge is 2.44. The van der Waals surface area contributed by atoms with Crippen LogP contribution in [0.5, 0.6) is 5.88 Å². The van der Waals surface area contributed by atoms with Gasteiger partial charge in [-0.05, 0) is 38.8 Å². The van der Waals surface area contributed by atoms with E-state index in [0.717, 1.165) is 25.4 Å². The number of rotatable bonds is 1. The summed E-state index contributed by atoms with van der Waals surface area (Å²) in [6.07, 6.45) is 4.88. The van der Waals surface area contributed by atoms with E-state index in [9.17, 15) is 0 Å². The smallest absolute Gasteiger partial charge is 0.236 e. The summed E-state index contributed by atoms with van der Waals surface area (Å²) in [7, 11) is 3.77. The van der Waals surface area contributed by atoms with Crippen molar-refractivity contribution in [3.63, 3.8) is 0 Å². The Morgan fingerprint density at radius 3 is 2.50 bits per heavy atom. The molecular formula is C12H21Cl2N3O. The number of fused-ring (bicyclic) bond motifs is 2. The Balaban J connectivity index is 0.000000810. The van der Waals surface area contributed by atoms with Crippen molar-refractivity contribution in [1.82, 2.24) is 15.1 Å². The second-order valence-electron chi connectivity index (χ2n) is 4.99. The maximum atomic E-state index is 5.36. The highest BCUT2D eigenvalue weighted by atomic mass is 35.5. The first-order chi connectivity index (χ1) is 7.77. The summed E-state index contributed by atoms with van der Waals surface area (Å²) in [5, 5.41) is 7.92. The molecule has 3 rings (SSSR count). The average molecular weight is 294 g/mol. The van der Waals surface area contributed by atoms with E-state index in [4.69, 9.17) is 4.74 Å². The number of hydrogen-bond donors (Lipinski definition) is 1. The quantitative estimate of drug-likeness (QED) is 0.859. The van der Waals surface area contributed by atoms with Crippen molar-refractivity contribution in [3.8, 4) is 5.88 Å². The van der Waals surface area contributed by atoms with Crippen LogP contribution in [0.3, 0.4) is 0 Å². The normalized spacial score (nSPS) is 19.9. The number of halogens is 2. The lowest BCUT2D eigenvalue weighted by molar-refractivity contribution is 0.288. The highest BCUT2D eigenvalue weighted by Crippen LogP contribution is 2.47. The number of hydrogen-bond acceptors (Lipinski definition) is 3. The third kappa shape index (κ3) is 2.10. The van der Waals surface area contributed by atoms with Gasteiger partial charge < -0.3 is 10.1 Å². The number of aromatic nitrogens is 2. The molecule has 1 spiro atoms. The Morgan fingerprint density at radius 2 is 1.89 bits per heavy atom. The molecule has 2 heterocycles. The van der Waals surface area contributed by atoms with E-state index >= 15 is 0 Å². The van der Waals surface area contributed by atoms with Crippen molar-refractivity contribution < 1.29 is 4.74 Å². The van der Waals surface area contributed by atoms with Gasteiger partial charge in [-0.25, -0.2) is 0 Å². The fourth-order valence-electron chi connectivity index (χ4n) is 3.47. The molecule has 1 aromatic rings. The zero-order valence-corrected chi connectivity index (χ0v) is 12.5. The number of aryl methyl sites for hydroxylation is 1. The van der Waals surface area contributed by atoms with Crippen molar-refractivity contribution >= 4 is 24.8 Å². The Bertz CT molecular complexity index is 414. The summed E-state index contributed by atoms with van der Waals surface area (Å²) < 4.78 is 7.41. The van der Waals surface area contributed by atoms with Crippen LogP contribution in [-0.2, 0) is 18.9 Å². The lowest BCUT2D eigenvalue weighted by Crippen LogP contribution is -2.39. The van der Waals surface area contributed by atoms with Crippen molar-refractivity contribution in [2.24, 2.45) is 7.05 Å². The van der Waals surface area contributed by atoms with Gasteiger partial charge in [0, 0.05) is 18.0 Å². The molecule has 0 radical (unpaired) electrons. The summed E-state index contributed by atoms with van der Waals surface area (Å²) in [6, 6.07) is 0. The molecule has 1 saturated heterocycles. The molecule has 0 aromatic carbocycles. The van der Waals surface area contributed by atoms with Gasteiger partial charge in [-0.2, -0.15) is 0 Å². The lowest BCUT2D eigenvalue weighted by atomic mass is 9.77. The number of nitrogens with one attached hydrogen (secondary N) is 1. The maximum Gasteiger partial charge on any atom is 0.236 e. The second-order valence-corrected chi connectivity index (χ2v) is 4.99. The van der Waals surface area contributed by atoms with Gasteiger partial charge >= 0.3 is 0 Å². The largest absolute Gasteiger partial charge is 0.480 e. The number of ether oxygens (including phenoxy) is 1. The molecule has 4 nitrogen and oxygen atoms in total. The minimum Gasteiger partial charge on any atom is -0.480 e. The topological polar surface area (TPSA) is 39.1 Å². The average Bonchev–Trinajstić information content (AvgIpc) is 2.82. The lowest BCUT2D eigenvalue weighted by Gasteiger charge is -2.34. The van der Waals surface area contributed by atoms with Crippen LogP contribution >= 0.6 is 24.8 Å². The number of piperidine rings is 1. The maximum absolute atomic E-state index is 5.36. The third-order valence-electron chi connectivity index (χ3n) is 4.22. The van der Waals surface area contributed by atoms with Crippen LogP contribution in [0.4, 0.5) is 0 Å². The summed E-state index contributed by atoms with van der Waals surface area (Å²) in [5.41, 5.74) is 3.16. The molecule has 6 heteroatoms. The molecule has 1 aromatic heterocycles. The van der Waals surface area contributed by atoms with Crippen LogP contribution in [0, 0.1) is 0 Å². The van der Waals surface area contributed by atoms with E-state index in [2.05, 4.69) is 17.5 Å². The molecule has 0 atom stereocenters. The van der Waals surface area contributed by atoms with E-state index in [-0.39, 0.29) is 24.8 Å². The minimum atomic E-state index is 0. The first kappa shape index (κ1) is 15.6. The fraction of sp³-hybridized carbons (Fsp3) is 0.750. The SMILES string of the molecule is COc1nn(C)c2c1CCC21CCNCC1.Cl.Cl. The van der Waals surface area contributed by atoms with Gasteiger partial charge in [0.15, 0.2) is 0 Å². The van der Waals surface area contributed by atoms with E-state index in [1.807, 2.05) is 4.68 Å². The predicted molar refractivity (Wildman–Crippen MR) is 76.4 cm³/mol. The van der Waals surface area contributed by atoms with Gasteiger partial charge in [0.05, 0.1) is 12.8 Å². The molecule has 1 aliphatic heterocycles. The Kier molecular flexibility index (Phi) is 4.92. The molecule has 104 valence electrons. The van der Waals surface area contributed by atoms with E-state index in [1.165, 1.54) is 30.5 Å². The van der Waals surface area contributed by atoms with Crippen LogP contribution in [0.15, 0.2) is 0 Å². The predicted octanol–water partition coefficient (Wildman–Crippen LogP) is 1.84. The van der Waals surface area contributed by atoms with E-state index in [0.29, 0.717) is 5.41 Å². The van der Waals surface area contributed by atoms with Gasteiger partial charge in [0.25, 0.3) is 0 Å². The molecule has 0 saturated carbocycles. The van der Waals surface area contributed by atoms with Crippen molar-refractivity contribution in [1.29, 1.82) is 0 Å². The van der Waals surface area contributed by atoms with Crippen LogP contribution < -0.4 is 10.1 Å². The first-order valence-electron chi connectivity index (χ1n) is 6.08. The van der Waals surface area contributed by atoms with Gasteiger partial charge in [-0.15, -0.1) is 29.9 Å². The Labute approximate surface area is 120 Å². The van der Waals surface area contributed by atoms with Gasteiger partial charge in [0.2, 0.25) is 5.88 Å². The number of methoxy groups -OCH3 is 1. The summed E-state index contributed by atoms with van der Waals surface area (Å²) in [4.78, 5) is 0. The zero-order chi connectivity index (χ0) is 11.2. The van der Waals surface area contributed by atoms with E-state index < -0.39 is 0 Å².